The lowest BCUT2D eigenvalue weighted by atomic mass is 9.95. The van der Waals surface area contributed by atoms with Crippen molar-refractivity contribution >= 4 is 40.7 Å². The number of phenols is 1. The van der Waals surface area contributed by atoms with Gasteiger partial charge in [0.15, 0.2) is 0 Å². The quantitative estimate of drug-likeness (QED) is 0.219. The molecule has 1 amide bonds. The normalized spacial score (nSPS) is 17.1. The zero-order valence-electron chi connectivity index (χ0n) is 18.9. The molecule has 8 heteroatoms. The summed E-state index contributed by atoms with van der Waals surface area (Å²) in [6.45, 7) is 3.48. The third kappa shape index (κ3) is 4.76. The Balaban J connectivity index is 1.84. The molecule has 7 nitrogen and oxygen atoms in total. The van der Waals surface area contributed by atoms with E-state index in [1.165, 1.54) is 47.4 Å². The number of ketones is 1. The van der Waals surface area contributed by atoms with E-state index in [0.717, 1.165) is 0 Å². The summed E-state index contributed by atoms with van der Waals surface area (Å²) in [5.74, 6) is -2.59. The summed E-state index contributed by atoms with van der Waals surface area (Å²) in [5, 5.41) is 21.2. The van der Waals surface area contributed by atoms with Gasteiger partial charge in [0.05, 0.1) is 23.3 Å². The van der Waals surface area contributed by atoms with Crippen LogP contribution < -0.4 is 4.90 Å². The van der Waals surface area contributed by atoms with Crippen molar-refractivity contribution in [3.05, 3.63) is 100 Å². The summed E-state index contributed by atoms with van der Waals surface area (Å²) in [5.41, 5.74) is 1.29. The zero-order chi connectivity index (χ0) is 25.3. The van der Waals surface area contributed by atoms with Crippen LogP contribution in [0.3, 0.4) is 0 Å². The van der Waals surface area contributed by atoms with Crippen molar-refractivity contribution in [3.8, 4) is 5.75 Å². The molecule has 4 rings (SSSR count). The van der Waals surface area contributed by atoms with Crippen LogP contribution in [-0.2, 0) is 14.3 Å². The molecular weight excluding hydrogens is 470 g/mol. The van der Waals surface area contributed by atoms with Gasteiger partial charge in [-0.25, -0.2) is 4.79 Å². The van der Waals surface area contributed by atoms with E-state index in [-0.39, 0.29) is 28.7 Å². The highest BCUT2D eigenvalue weighted by atomic mass is 35.5. The maximum atomic E-state index is 13.2. The first-order valence-electron chi connectivity index (χ1n) is 10.8. The van der Waals surface area contributed by atoms with E-state index in [4.69, 9.17) is 16.3 Å². The van der Waals surface area contributed by atoms with E-state index in [2.05, 4.69) is 0 Å². The number of amides is 1. The smallest absolute Gasteiger partial charge is 0.338 e. The van der Waals surface area contributed by atoms with Gasteiger partial charge in [-0.3, -0.25) is 14.5 Å². The number of anilines is 1. The molecule has 1 atom stereocenters. The predicted octanol–water partition coefficient (Wildman–Crippen LogP) is 5.24. The summed E-state index contributed by atoms with van der Waals surface area (Å²) in [6.07, 6.45) is -0.291. The molecule has 2 N–H and O–H groups in total. The molecule has 178 valence electrons. The number of rotatable bonds is 5. The van der Waals surface area contributed by atoms with E-state index < -0.39 is 23.7 Å². The fourth-order valence-corrected chi connectivity index (χ4v) is 4.09. The maximum Gasteiger partial charge on any atom is 0.338 e. The minimum Gasteiger partial charge on any atom is -0.508 e. The van der Waals surface area contributed by atoms with Gasteiger partial charge >= 0.3 is 5.97 Å². The molecule has 0 aliphatic carbocycles. The number of ether oxygens (including phenoxy) is 1. The molecule has 1 aliphatic rings. The Labute approximate surface area is 206 Å². The molecule has 35 heavy (non-hydrogen) atoms. The summed E-state index contributed by atoms with van der Waals surface area (Å²) >= 11 is 6.07. The highest BCUT2D eigenvalue weighted by molar-refractivity contribution is 6.51. The van der Waals surface area contributed by atoms with Crippen molar-refractivity contribution < 1.29 is 29.3 Å². The molecule has 1 heterocycles. The highest BCUT2D eigenvalue weighted by Crippen LogP contribution is 2.42. The van der Waals surface area contributed by atoms with Crippen LogP contribution in [0.4, 0.5) is 5.69 Å². The first-order valence-corrected chi connectivity index (χ1v) is 11.2. The zero-order valence-corrected chi connectivity index (χ0v) is 19.7. The number of hydrogen-bond donors (Lipinski definition) is 2. The topological polar surface area (TPSA) is 104 Å². The van der Waals surface area contributed by atoms with Gasteiger partial charge in [-0.05, 0) is 67.9 Å². The number of phenolic OH excluding ortho intramolecular Hbond substituents is 1. The summed E-state index contributed by atoms with van der Waals surface area (Å²) in [7, 11) is 0. The van der Waals surface area contributed by atoms with Crippen molar-refractivity contribution in [1.29, 1.82) is 0 Å². The third-order valence-electron chi connectivity index (χ3n) is 5.48. The molecule has 3 aromatic rings. The Morgan fingerprint density at radius 1 is 0.971 bits per heavy atom. The number of hydrogen-bond acceptors (Lipinski definition) is 6. The van der Waals surface area contributed by atoms with Crippen LogP contribution in [0.25, 0.3) is 5.76 Å². The first kappa shape index (κ1) is 24.0. The molecule has 0 bridgehead atoms. The van der Waals surface area contributed by atoms with Gasteiger partial charge in [0, 0.05) is 16.3 Å². The number of carbonyl (C=O) groups is 3. The summed E-state index contributed by atoms with van der Waals surface area (Å²) < 4.78 is 5.20. The first-order chi connectivity index (χ1) is 16.7. The summed E-state index contributed by atoms with van der Waals surface area (Å²) in [6, 6.07) is 17.4. The van der Waals surface area contributed by atoms with E-state index in [1.807, 2.05) is 0 Å². The number of esters is 1. The standard InChI is InChI=1S/C27H22ClNO6/c1-15(2)35-27(34)17-6-10-20(11-7-17)29-23(16-8-12-21(30)13-9-16)22(25(32)26(29)33)24(31)18-4-3-5-19(28)14-18/h3-15,23,30-31H,1-2H3/b24-22+. The van der Waals surface area contributed by atoms with E-state index in [9.17, 15) is 24.6 Å². The Hall–Kier alpha value is -4.10. The molecule has 0 aromatic heterocycles. The Morgan fingerprint density at radius 3 is 2.23 bits per heavy atom. The Kier molecular flexibility index (Phi) is 6.62. The molecule has 0 saturated carbocycles. The average Bonchev–Trinajstić information content (AvgIpc) is 3.09. The number of benzene rings is 3. The lowest BCUT2D eigenvalue weighted by Crippen LogP contribution is -2.29. The highest BCUT2D eigenvalue weighted by Gasteiger charge is 2.47. The summed E-state index contributed by atoms with van der Waals surface area (Å²) in [4.78, 5) is 39.8. The second kappa shape index (κ2) is 9.64. The predicted molar refractivity (Wildman–Crippen MR) is 131 cm³/mol. The monoisotopic (exact) mass is 491 g/mol. The average molecular weight is 492 g/mol. The number of carbonyl (C=O) groups excluding carboxylic acids is 3. The fourth-order valence-electron chi connectivity index (χ4n) is 3.90. The van der Waals surface area contributed by atoms with Gasteiger partial charge in [0.25, 0.3) is 11.7 Å². The lowest BCUT2D eigenvalue weighted by Gasteiger charge is -2.25. The van der Waals surface area contributed by atoms with Crippen LogP contribution in [0.15, 0.2) is 78.4 Å². The van der Waals surface area contributed by atoms with Crippen LogP contribution in [0.2, 0.25) is 5.02 Å². The van der Waals surface area contributed by atoms with Gasteiger partial charge in [-0.1, -0.05) is 35.9 Å². The van der Waals surface area contributed by atoms with Crippen molar-refractivity contribution in [2.45, 2.75) is 26.0 Å². The van der Waals surface area contributed by atoms with Crippen LogP contribution in [0.5, 0.6) is 5.75 Å². The lowest BCUT2D eigenvalue weighted by molar-refractivity contribution is -0.132. The number of halogens is 1. The number of aliphatic hydroxyl groups is 1. The van der Waals surface area contributed by atoms with Crippen LogP contribution >= 0.6 is 11.6 Å². The second-order valence-corrected chi connectivity index (χ2v) is 8.71. The largest absolute Gasteiger partial charge is 0.508 e. The molecule has 1 saturated heterocycles. The Morgan fingerprint density at radius 2 is 1.63 bits per heavy atom. The van der Waals surface area contributed by atoms with Gasteiger partial charge in [0.1, 0.15) is 11.5 Å². The van der Waals surface area contributed by atoms with Crippen molar-refractivity contribution in [2.75, 3.05) is 4.90 Å². The molecule has 1 unspecified atom stereocenters. The van der Waals surface area contributed by atoms with Crippen LogP contribution in [0.1, 0.15) is 41.4 Å². The van der Waals surface area contributed by atoms with Gasteiger partial charge in [-0.2, -0.15) is 0 Å². The molecule has 0 radical (unpaired) electrons. The molecule has 1 aliphatic heterocycles. The Bertz CT molecular complexity index is 1330. The van der Waals surface area contributed by atoms with Crippen LogP contribution in [-0.4, -0.2) is 34.0 Å². The van der Waals surface area contributed by atoms with Crippen molar-refractivity contribution in [3.63, 3.8) is 0 Å². The van der Waals surface area contributed by atoms with E-state index >= 15 is 0 Å². The van der Waals surface area contributed by atoms with Gasteiger partial charge in [-0.15, -0.1) is 0 Å². The molecule has 1 fully saturated rings. The minimum absolute atomic E-state index is 0.00793. The van der Waals surface area contributed by atoms with Crippen LogP contribution in [0, 0.1) is 0 Å². The number of aromatic hydroxyl groups is 1. The number of nitrogens with zero attached hydrogens (tertiary/aromatic N) is 1. The number of Topliss-reactive ketones (excluding diaryl/α,β-unsaturated/α-hetero) is 1. The molecule has 3 aromatic carbocycles. The maximum absolute atomic E-state index is 13.2. The fraction of sp³-hybridized carbons (Fsp3) is 0.148. The molecular formula is C27H22ClNO6. The SMILES string of the molecule is CC(C)OC(=O)c1ccc(N2C(=O)C(=O)/C(=C(/O)c3cccc(Cl)c3)C2c2ccc(O)cc2)cc1. The minimum atomic E-state index is -0.983. The van der Waals surface area contributed by atoms with Crippen molar-refractivity contribution in [1.82, 2.24) is 0 Å². The van der Waals surface area contributed by atoms with Crippen molar-refractivity contribution in [2.24, 2.45) is 0 Å². The number of aliphatic hydroxyl groups excluding tert-OH is 1. The molecule has 0 spiro atoms. The second-order valence-electron chi connectivity index (χ2n) is 8.27. The van der Waals surface area contributed by atoms with E-state index in [1.54, 1.807) is 44.2 Å². The van der Waals surface area contributed by atoms with Gasteiger partial charge < -0.3 is 14.9 Å². The van der Waals surface area contributed by atoms with Gasteiger partial charge in [0.2, 0.25) is 0 Å². The van der Waals surface area contributed by atoms with E-state index in [0.29, 0.717) is 21.8 Å². The third-order valence-corrected chi connectivity index (χ3v) is 5.71.